The second-order valence-electron chi connectivity index (χ2n) is 5.92. The van der Waals surface area contributed by atoms with Gasteiger partial charge in [0.2, 0.25) is 0 Å². The van der Waals surface area contributed by atoms with Crippen molar-refractivity contribution in [2.45, 2.75) is 62.2 Å². The van der Waals surface area contributed by atoms with Gasteiger partial charge in [0.15, 0.2) is 51.5 Å². The Labute approximate surface area is 142 Å². The van der Waals surface area contributed by atoms with Crippen LogP contribution < -0.4 is 5.73 Å². The molecule has 1 aliphatic heterocycles. The number of Topliss-reactive ketones (excluding diaryl/α,β-unsaturated/α-hetero) is 4. The molecule has 10 heteroatoms. The number of rotatable bonds is 5. The van der Waals surface area contributed by atoms with Crippen molar-refractivity contribution in [3.05, 3.63) is 0 Å². The lowest BCUT2D eigenvalue weighted by Gasteiger charge is -2.57. The molecule has 0 spiro atoms. The molecule has 0 aromatic carbocycles. The highest BCUT2D eigenvalue weighted by Crippen LogP contribution is 2.46. The second kappa shape index (κ2) is 6.25. The summed E-state index contributed by atoms with van der Waals surface area (Å²) < 4.78 is 5.04. The minimum atomic E-state index is -3.25. The average Bonchev–Trinajstić information content (AvgIpc) is 2.46. The summed E-state index contributed by atoms with van der Waals surface area (Å²) in [7, 11) is 0. The molecule has 0 bridgehead atoms. The number of ketones is 4. The number of ether oxygens (including phenoxy) is 1. The van der Waals surface area contributed by atoms with E-state index in [2.05, 4.69) is 0 Å². The lowest BCUT2D eigenvalue weighted by atomic mass is 9.59. The minimum Gasteiger partial charge on any atom is -0.386 e. The van der Waals surface area contributed by atoms with Crippen molar-refractivity contribution in [3.8, 4) is 0 Å². The summed E-state index contributed by atoms with van der Waals surface area (Å²) >= 11 is 5.89. The largest absolute Gasteiger partial charge is 0.386 e. The molecule has 1 heterocycles. The molecule has 1 unspecified atom stereocenters. The molecule has 5 N–H and O–H groups in total. The van der Waals surface area contributed by atoms with Crippen LogP contribution in [0.4, 0.5) is 0 Å². The van der Waals surface area contributed by atoms with Gasteiger partial charge >= 0.3 is 0 Å². The number of halogens is 1. The topological polar surface area (TPSA) is 164 Å². The van der Waals surface area contributed by atoms with Gasteiger partial charge in [-0.1, -0.05) is 11.6 Å². The first kappa shape index (κ1) is 20.8. The van der Waals surface area contributed by atoms with Crippen LogP contribution >= 0.6 is 11.6 Å². The zero-order valence-electron chi connectivity index (χ0n) is 13.6. The zero-order chi connectivity index (χ0) is 19.2. The van der Waals surface area contributed by atoms with Crippen LogP contribution in [0, 0.1) is 0 Å². The highest BCUT2D eigenvalue weighted by Gasteiger charge is 2.78. The van der Waals surface area contributed by atoms with E-state index in [4.69, 9.17) is 22.1 Å². The van der Waals surface area contributed by atoms with Crippen LogP contribution in [0.1, 0.15) is 27.7 Å². The Bertz CT molecular complexity index is 608. The van der Waals surface area contributed by atoms with E-state index in [-0.39, 0.29) is 0 Å². The summed E-state index contributed by atoms with van der Waals surface area (Å²) in [4.78, 5) is 48.4. The first-order valence-corrected chi connectivity index (χ1v) is 7.42. The summed E-state index contributed by atoms with van der Waals surface area (Å²) in [5.41, 5.74) is -5.31. The molecule has 0 aliphatic carbocycles. The fourth-order valence-corrected chi connectivity index (χ4v) is 3.31. The van der Waals surface area contributed by atoms with Crippen LogP contribution in [0.15, 0.2) is 0 Å². The SMILES string of the molecule is CC(=O)[C@]1(O)[C@@](O)(C(C)=O)[C@@H](C(=O)C(C)O)O[C@@H](Cl)[C@@]1(N)C(C)=O. The van der Waals surface area contributed by atoms with Crippen LogP contribution in [-0.2, 0) is 23.9 Å². The van der Waals surface area contributed by atoms with E-state index in [1.807, 2.05) is 0 Å². The maximum atomic E-state index is 12.2. The Morgan fingerprint density at radius 1 is 1.08 bits per heavy atom. The van der Waals surface area contributed by atoms with Crippen LogP contribution in [0.25, 0.3) is 0 Å². The summed E-state index contributed by atoms with van der Waals surface area (Å²) in [5.74, 6) is -4.81. The number of nitrogens with two attached hydrogens (primary N) is 1. The van der Waals surface area contributed by atoms with E-state index in [9.17, 15) is 34.5 Å². The summed E-state index contributed by atoms with van der Waals surface area (Å²) in [6, 6.07) is 0. The van der Waals surface area contributed by atoms with E-state index >= 15 is 0 Å². The molecular weight excluding hydrogens is 346 g/mol. The maximum Gasteiger partial charge on any atom is 0.194 e. The molecule has 1 rings (SSSR count). The summed E-state index contributed by atoms with van der Waals surface area (Å²) in [6.45, 7) is 3.45. The van der Waals surface area contributed by atoms with Crippen molar-refractivity contribution in [1.82, 2.24) is 0 Å². The van der Waals surface area contributed by atoms with Crippen LogP contribution in [-0.4, -0.2) is 73.0 Å². The van der Waals surface area contributed by atoms with Gasteiger partial charge in [-0.15, -0.1) is 0 Å². The fraction of sp³-hybridized carbons (Fsp3) is 0.714. The number of carbonyl (C=O) groups is 4. The minimum absolute atomic E-state index is 0.773. The lowest BCUT2D eigenvalue weighted by Crippen LogP contribution is -2.88. The van der Waals surface area contributed by atoms with Crippen molar-refractivity contribution in [1.29, 1.82) is 0 Å². The first-order chi connectivity index (χ1) is 10.7. The van der Waals surface area contributed by atoms with Gasteiger partial charge in [-0.2, -0.15) is 0 Å². The van der Waals surface area contributed by atoms with Gasteiger partial charge in [-0.05, 0) is 27.7 Å². The van der Waals surface area contributed by atoms with E-state index in [1.165, 1.54) is 0 Å². The van der Waals surface area contributed by atoms with Gasteiger partial charge < -0.3 is 25.8 Å². The molecule has 136 valence electrons. The normalized spacial score (nSPS) is 40.7. The fourth-order valence-electron chi connectivity index (χ4n) is 2.90. The highest BCUT2D eigenvalue weighted by atomic mass is 35.5. The summed E-state index contributed by atoms with van der Waals surface area (Å²) in [6.07, 6.45) is -3.93. The van der Waals surface area contributed by atoms with Gasteiger partial charge in [0, 0.05) is 0 Å². The van der Waals surface area contributed by atoms with Gasteiger partial charge in [-0.3, -0.25) is 19.2 Å². The van der Waals surface area contributed by atoms with Gasteiger partial charge in [0.05, 0.1) is 0 Å². The first-order valence-electron chi connectivity index (χ1n) is 6.98. The van der Waals surface area contributed by atoms with Gasteiger partial charge in [0.1, 0.15) is 6.10 Å². The standard InChI is InChI=1S/C14H20ClNO8/c1-5(17)9(21)10-13(22,7(3)19)14(23,8(4)20)12(16,6(2)18)11(15)24-10/h5,10-11,17,22-23H,16H2,1-4H3/t5?,10-,11-,12+,13-,14-/m1/s1. The molecule has 6 atom stereocenters. The highest BCUT2D eigenvalue weighted by molar-refractivity contribution is 6.25. The molecule has 0 saturated carbocycles. The van der Waals surface area contributed by atoms with E-state index in [0.717, 1.165) is 27.7 Å². The quantitative estimate of drug-likeness (QED) is 0.396. The van der Waals surface area contributed by atoms with E-state index in [0.29, 0.717) is 0 Å². The third-order valence-corrected chi connectivity index (χ3v) is 4.89. The number of aliphatic hydroxyl groups is 3. The van der Waals surface area contributed by atoms with Crippen LogP contribution in [0.5, 0.6) is 0 Å². The lowest BCUT2D eigenvalue weighted by molar-refractivity contribution is -0.262. The number of carbonyl (C=O) groups excluding carboxylic acids is 4. The number of hydrogen-bond acceptors (Lipinski definition) is 9. The smallest absolute Gasteiger partial charge is 0.194 e. The molecule has 0 aromatic heterocycles. The number of hydrogen-bond donors (Lipinski definition) is 4. The van der Waals surface area contributed by atoms with Crippen LogP contribution in [0.2, 0.25) is 0 Å². The molecule has 1 aliphatic rings. The summed E-state index contributed by atoms with van der Waals surface area (Å²) in [5, 5.41) is 31.2. The molecule has 1 saturated heterocycles. The predicted molar refractivity (Wildman–Crippen MR) is 80.1 cm³/mol. The molecule has 1 fully saturated rings. The van der Waals surface area contributed by atoms with Crippen LogP contribution in [0.3, 0.4) is 0 Å². The van der Waals surface area contributed by atoms with Crippen molar-refractivity contribution >= 4 is 34.7 Å². The Kier molecular flexibility index (Phi) is 5.42. The van der Waals surface area contributed by atoms with Gasteiger partial charge in [-0.25, -0.2) is 0 Å². The van der Waals surface area contributed by atoms with E-state index in [1.54, 1.807) is 0 Å². The predicted octanol–water partition coefficient (Wildman–Crippen LogP) is -2.17. The molecule has 9 nitrogen and oxygen atoms in total. The third-order valence-electron chi connectivity index (χ3n) is 4.44. The zero-order valence-corrected chi connectivity index (χ0v) is 14.3. The van der Waals surface area contributed by atoms with Crippen molar-refractivity contribution in [3.63, 3.8) is 0 Å². The van der Waals surface area contributed by atoms with Gasteiger partial charge in [0.25, 0.3) is 0 Å². The van der Waals surface area contributed by atoms with Crippen molar-refractivity contribution < 1.29 is 39.2 Å². The third kappa shape index (κ3) is 2.35. The maximum absolute atomic E-state index is 12.2. The molecule has 24 heavy (non-hydrogen) atoms. The van der Waals surface area contributed by atoms with E-state index < -0.39 is 57.6 Å². The monoisotopic (exact) mass is 365 g/mol. The molecule has 0 amide bonds. The molecule has 0 aromatic rings. The molecular formula is C14H20ClNO8. The Hall–Kier alpha value is -1.23. The average molecular weight is 366 g/mol. The number of aliphatic hydroxyl groups excluding tert-OH is 1. The Morgan fingerprint density at radius 3 is 1.83 bits per heavy atom. The molecule has 0 radical (unpaired) electrons. The van der Waals surface area contributed by atoms with Crippen molar-refractivity contribution in [2.75, 3.05) is 0 Å². The Balaban J connectivity index is 3.86. The second-order valence-corrected chi connectivity index (χ2v) is 6.32. The Morgan fingerprint density at radius 2 is 1.54 bits per heavy atom. The van der Waals surface area contributed by atoms with Crippen molar-refractivity contribution in [2.24, 2.45) is 5.73 Å². The number of alkyl halides is 1.